The molecule has 0 fully saturated rings. The minimum absolute atomic E-state index is 0.0944. The fraction of sp³-hybridized carbons (Fsp3) is 0.192. The molecule has 0 radical (unpaired) electrons. The van der Waals surface area contributed by atoms with Crippen LogP contribution in [0.15, 0.2) is 90.1 Å². The summed E-state index contributed by atoms with van der Waals surface area (Å²) in [6.07, 6.45) is 0.680. The fourth-order valence-electron chi connectivity index (χ4n) is 3.39. The molecule has 4 aromatic rings. The number of aromatic nitrogens is 3. The lowest BCUT2D eigenvalue weighted by molar-refractivity contribution is -0.113. The molecule has 0 aliphatic carbocycles. The summed E-state index contributed by atoms with van der Waals surface area (Å²) >= 11 is 1.39. The van der Waals surface area contributed by atoms with Crippen LogP contribution in [0, 0.1) is 0 Å². The third-order valence-electron chi connectivity index (χ3n) is 4.96. The molecule has 4 rings (SSSR count). The van der Waals surface area contributed by atoms with Crippen LogP contribution in [-0.4, -0.2) is 33.0 Å². The molecule has 0 bridgehead atoms. The predicted octanol–water partition coefficient (Wildman–Crippen LogP) is 5.05. The molecule has 6 nitrogen and oxygen atoms in total. The van der Waals surface area contributed by atoms with E-state index >= 15 is 0 Å². The highest BCUT2D eigenvalue weighted by atomic mass is 32.2. The zero-order valence-electron chi connectivity index (χ0n) is 18.5. The van der Waals surface area contributed by atoms with E-state index in [1.165, 1.54) is 17.3 Å². The molecule has 1 N–H and O–H groups in total. The summed E-state index contributed by atoms with van der Waals surface area (Å²) in [6, 6.07) is 27.8. The molecule has 1 aromatic heterocycles. The zero-order chi connectivity index (χ0) is 22.9. The third-order valence-corrected chi connectivity index (χ3v) is 5.93. The highest BCUT2D eigenvalue weighted by molar-refractivity contribution is 7.99. The van der Waals surface area contributed by atoms with Gasteiger partial charge in [0.1, 0.15) is 11.6 Å². The Labute approximate surface area is 198 Å². The van der Waals surface area contributed by atoms with Gasteiger partial charge in [0.05, 0.1) is 18.9 Å². The summed E-state index contributed by atoms with van der Waals surface area (Å²) in [4.78, 5) is 12.5. The minimum Gasteiger partial charge on any atom is -0.494 e. The molecule has 0 spiro atoms. The average molecular weight is 459 g/mol. The van der Waals surface area contributed by atoms with E-state index in [2.05, 4.69) is 44.3 Å². The first kappa shape index (κ1) is 22.6. The van der Waals surface area contributed by atoms with Gasteiger partial charge in [-0.25, -0.2) is 0 Å². The number of amides is 1. The molecule has 33 heavy (non-hydrogen) atoms. The highest BCUT2D eigenvalue weighted by Gasteiger charge is 2.15. The van der Waals surface area contributed by atoms with Gasteiger partial charge in [0.15, 0.2) is 5.16 Å². The van der Waals surface area contributed by atoms with Crippen molar-refractivity contribution in [2.45, 2.75) is 25.0 Å². The molecular weight excluding hydrogens is 432 g/mol. The van der Waals surface area contributed by atoms with Crippen molar-refractivity contribution in [2.75, 3.05) is 17.7 Å². The zero-order valence-corrected chi connectivity index (χ0v) is 19.3. The number of nitrogens with zero attached hydrogens (tertiary/aromatic N) is 3. The van der Waals surface area contributed by atoms with Crippen LogP contribution in [0.3, 0.4) is 0 Å². The van der Waals surface area contributed by atoms with E-state index in [0.29, 0.717) is 19.6 Å². The number of carbonyl (C=O) groups is 1. The molecule has 0 aliphatic heterocycles. The first-order valence-electron chi connectivity index (χ1n) is 10.9. The van der Waals surface area contributed by atoms with Gasteiger partial charge in [-0.3, -0.25) is 4.79 Å². The molecule has 168 valence electrons. The van der Waals surface area contributed by atoms with Gasteiger partial charge >= 0.3 is 0 Å². The fourth-order valence-corrected chi connectivity index (χ4v) is 4.14. The van der Waals surface area contributed by atoms with E-state index in [-0.39, 0.29) is 11.7 Å². The Hall–Kier alpha value is -3.58. The predicted molar refractivity (Wildman–Crippen MR) is 132 cm³/mol. The lowest BCUT2D eigenvalue weighted by atomic mass is 10.1. The SMILES string of the molecule is CCOc1ccc(NC(=O)CSc2nnc(Cc3ccccc3)n2Cc2ccccc2)cc1. The summed E-state index contributed by atoms with van der Waals surface area (Å²) in [6.45, 7) is 3.20. The van der Waals surface area contributed by atoms with Crippen molar-refractivity contribution in [3.8, 4) is 5.75 Å². The molecule has 0 atom stereocenters. The smallest absolute Gasteiger partial charge is 0.234 e. The molecule has 0 saturated carbocycles. The maximum atomic E-state index is 12.5. The van der Waals surface area contributed by atoms with Crippen LogP contribution in [0.25, 0.3) is 0 Å². The standard InChI is InChI=1S/C26H26N4O2S/c1-2-32-23-15-13-22(14-16-23)27-25(31)19-33-26-29-28-24(17-20-9-5-3-6-10-20)30(26)18-21-11-7-4-8-12-21/h3-16H,2,17-19H2,1H3,(H,27,31). The Morgan fingerprint density at radius 1 is 0.909 bits per heavy atom. The van der Waals surface area contributed by atoms with Crippen molar-refractivity contribution >= 4 is 23.4 Å². The van der Waals surface area contributed by atoms with Crippen molar-refractivity contribution in [1.82, 2.24) is 14.8 Å². The van der Waals surface area contributed by atoms with Gasteiger partial charge in [-0.05, 0) is 42.3 Å². The number of hydrogen-bond donors (Lipinski definition) is 1. The Kier molecular flexibility index (Phi) is 7.76. The lowest BCUT2D eigenvalue weighted by Crippen LogP contribution is -2.15. The average Bonchev–Trinajstić information content (AvgIpc) is 3.21. The molecule has 0 saturated heterocycles. The number of benzene rings is 3. The van der Waals surface area contributed by atoms with Crippen LogP contribution in [0.5, 0.6) is 5.75 Å². The van der Waals surface area contributed by atoms with E-state index in [9.17, 15) is 4.79 Å². The van der Waals surface area contributed by atoms with Crippen LogP contribution in [0.4, 0.5) is 5.69 Å². The first-order chi connectivity index (χ1) is 16.2. The van der Waals surface area contributed by atoms with Gasteiger partial charge in [0.2, 0.25) is 5.91 Å². The van der Waals surface area contributed by atoms with Crippen LogP contribution < -0.4 is 10.1 Å². The van der Waals surface area contributed by atoms with Crippen LogP contribution in [-0.2, 0) is 17.8 Å². The number of hydrogen-bond acceptors (Lipinski definition) is 5. The van der Waals surface area contributed by atoms with Crippen LogP contribution in [0.1, 0.15) is 23.9 Å². The third kappa shape index (κ3) is 6.46. The van der Waals surface area contributed by atoms with Gasteiger partial charge < -0.3 is 14.6 Å². The number of ether oxygens (including phenoxy) is 1. The summed E-state index contributed by atoms with van der Waals surface area (Å²) in [5.74, 6) is 1.80. The van der Waals surface area contributed by atoms with E-state index in [0.717, 1.165) is 28.0 Å². The molecule has 3 aromatic carbocycles. The van der Waals surface area contributed by atoms with Crippen molar-refractivity contribution in [1.29, 1.82) is 0 Å². The lowest BCUT2D eigenvalue weighted by Gasteiger charge is -2.11. The largest absolute Gasteiger partial charge is 0.494 e. The molecule has 1 heterocycles. The van der Waals surface area contributed by atoms with Gasteiger partial charge in [-0.1, -0.05) is 72.4 Å². The normalized spacial score (nSPS) is 10.7. The topological polar surface area (TPSA) is 69.0 Å². The second-order valence-electron chi connectivity index (χ2n) is 7.43. The van der Waals surface area contributed by atoms with E-state index in [1.54, 1.807) is 0 Å². The van der Waals surface area contributed by atoms with Crippen molar-refractivity contribution in [3.63, 3.8) is 0 Å². The van der Waals surface area contributed by atoms with E-state index in [4.69, 9.17) is 4.74 Å². The molecule has 0 unspecified atom stereocenters. The molecule has 0 aliphatic rings. The molecular formula is C26H26N4O2S. The number of rotatable bonds is 10. The number of anilines is 1. The first-order valence-corrected chi connectivity index (χ1v) is 11.9. The van der Waals surface area contributed by atoms with Crippen molar-refractivity contribution in [2.24, 2.45) is 0 Å². The number of thioether (sulfide) groups is 1. The van der Waals surface area contributed by atoms with E-state index < -0.39 is 0 Å². The van der Waals surface area contributed by atoms with Gasteiger partial charge in [0, 0.05) is 12.1 Å². The van der Waals surface area contributed by atoms with Crippen molar-refractivity contribution in [3.05, 3.63) is 102 Å². The van der Waals surface area contributed by atoms with E-state index in [1.807, 2.05) is 67.6 Å². The monoisotopic (exact) mass is 458 g/mol. The number of nitrogens with one attached hydrogen (secondary N) is 1. The molecule has 1 amide bonds. The second kappa shape index (κ2) is 11.3. The number of carbonyl (C=O) groups excluding carboxylic acids is 1. The quantitative estimate of drug-likeness (QED) is 0.337. The second-order valence-corrected chi connectivity index (χ2v) is 8.37. The summed E-state index contributed by atoms with van der Waals surface area (Å²) < 4.78 is 7.54. The van der Waals surface area contributed by atoms with Gasteiger partial charge in [-0.2, -0.15) is 0 Å². The van der Waals surface area contributed by atoms with Gasteiger partial charge in [-0.15, -0.1) is 10.2 Å². The minimum atomic E-state index is -0.0944. The summed E-state index contributed by atoms with van der Waals surface area (Å²) in [5, 5.41) is 12.5. The van der Waals surface area contributed by atoms with Crippen molar-refractivity contribution < 1.29 is 9.53 Å². The van der Waals surface area contributed by atoms with Gasteiger partial charge in [0.25, 0.3) is 0 Å². The van der Waals surface area contributed by atoms with Crippen LogP contribution in [0.2, 0.25) is 0 Å². The Morgan fingerprint density at radius 3 is 2.24 bits per heavy atom. The Balaban J connectivity index is 1.45. The highest BCUT2D eigenvalue weighted by Crippen LogP contribution is 2.22. The maximum absolute atomic E-state index is 12.5. The summed E-state index contributed by atoms with van der Waals surface area (Å²) in [5.41, 5.74) is 3.07. The Morgan fingerprint density at radius 2 is 1.58 bits per heavy atom. The van der Waals surface area contributed by atoms with Crippen LogP contribution >= 0.6 is 11.8 Å². The Bertz CT molecular complexity index is 1160. The summed E-state index contributed by atoms with van der Waals surface area (Å²) in [7, 11) is 0. The molecule has 7 heteroatoms. The maximum Gasteiger partial charge on any atom is 0.234 e.